The van der Waals surface area contributed by atoms with Crippen molar-refractivity contribution in [3.8, 4) is 5.69 Å². The molecule has 0 radical (unpaired) electrons. The van der Waals surface area contributed by atoms with Crippen LogP contribution in [0.4, 0.5) is 5.82 Å². The Morgan fingerprint density at radius 1 is 1.37 bits per heavy atom. The molecule has 3 aromatic rings. The highest BCUT2D eigenvalue weighted by molar-refractivity contribution is 5.91. The maximum absolute atomic E-state index is 12.3. The van der Waals surface area contributed by atoms with Crippen molar-refractivity contribution in [3.63, 3.8) is 0 Å². The molecule has 27 heavy (non-hydrogen) atoms. The fourth-order valence-corrected chi connectivity index (χ4v) is 3.00. The average molecular weight is 365 g/mol. The lowest BCUT2D eigenvalue weighted by Gasteiger charge is -2.18. The molecule has 0 spiro atoms. The van der Waals surface area contributed by atoms with Crippen molar-refractivity contribution in [1.82, 2.24) is 20.0 Å². The number of hydrogen-bond acceptors (Lipinski definition) is 4. The second-order valence-electron chi connectivity index (χ2n) is 7.61. The summed E-state index contributed by atoms with van der Waals surface area (Å²) in [7, 11) is 0. The number of nitrogens with one attached hydrogen (secondary N) is 2. The summed E-state index contributed by atoms with van der Waals surface area (Å²) in [5, 5.41) is 24.5. The van der Waals surface area contributed by atoms with E-state index in [1.54, 1.807) is 24.7 Å². The van der Waals surface area contributed by atoms with Crippen LogP contribution in [0.5, 0.6) is 0 Å². The number of benzene rings is 1. The van der Waals surface area contributed by atoms with Crippen LogP contribution in [0.2, 0.25) is 0 Å². The van der Waals surface area contributed by atoms with Crippen LogP contribution in [0.1, 0.15) is 49.4 Å². The molecule has 0 unspecified atom stereocenters. The zero-order chi connectivity index (χ0) is 19.0. The molecule has 1 aliphatic rings. The van der Waals surface area contributed by atoms with Crippen molar-refractivity contribution in [2.24, 2.45) is 0 Å². The lowest BCUT2D eigenvalue weighted by molar-refractivity contribution is -0.115. The molecule has 140 valence electrons. The van der Waals surface area contributed by atoms with Gasteiger partial charge in [-0.1, -0.05) is 12.1 Å². The van der Waals surface area contributed by atoms with Gasteiger partial charge in [0.1, 0.15) is 0 Å². The molecule has 1 fully saturated rings. The number of aliphatic hydroxyl groups is 1. The van der Waals surface area contributed by atoms with E-state index in [9.17, 15) is 9.90 Å². The smallest absolute Gasteiger partial charge is 0.230 e. The lowest BCUT2D eigenvalue weighted by Crippen LogP contribution is -2.15. The van der Waals surface area contributed by atoms with Crippen molar-refractivity contribution in [1.29, 1.82) is 0 Å². The van der Waals surface area contributed by atoms with Crippen LogP contribution in [0.15, 0.2) is 42.7 Å². The molecule has 1 aliphatic carbocycles. The molecule has 1 saturated carbocycles. The van der Waals surface area contributed by atoms with E-state index in [0.29, 0.717) is 11.7 Å². The molecule has 2 aromatic heterocycles. The Morgan fingerprint density at radius 2 is 2.19 bits per heavy atom. The molecule has 1 aromatic carbocycles. The highest BCUT2D eigenvalue weighted by Gasteiger charge is 2.25. The fourth-order valence-electron chi connectivity index (χ4n) is 3.00. The van der Waals surface area contributed by atoms with Gasteiger partial charge in [-0.05, 0) is 49.9 Å². The summed E-state index contributed by atoms with van der Waals surface area (Å²) in [6.45, 7) is 3.49. The van der Waals surface area contributed by atoms with Crippen molar-refractivity contribution in [3.05, 3.63) is 59.5 Å². The second-order valence-corrected chi connectivity index (χ2v) is 7.61. The van der Waals surface area contributed by atoms with Gasteiger partial charge in [0.2, 0.25) is 5.91 Å². The van der Waals surface area contributed by atoms with Gasteiger partial charge in [-0.25, -0.2) is 4.68 Å². The summed E-state index contributed by atoms with van der Waals surface area (Å²) in [6, 6.07) is 9.46. The van der Waals surface area contributed by atoms with Gasteiger partial charge >= 0.3 is 0 Å². The van der Waals surface area contributed by atoms with Gasteiger partial charge in [-0.2, -0.15) is 10.2 Å². The molecule has 0 aliphatic heterocycles. The Balaban J connectivity index is 1.42. The van der Waals surface area contributed by atoms with E-state index in [1.807, 2.05) is 36.5 Å². The number of H-pyrrole nitrogens is 1. The first-order valence-corrected chi connectivity index (χ1v) is 9.10. The Hall–Kier alpha value is -2.93. The SMILES string of the molecule is CC(C)(O)c1cccc(-n2cc(CC(=O)Nc3cc(C4CC4)[nH]n3)cn2)c1. The number of aromatic nitrogens is 4. The minimum absolute atomic E-state index is 0.131. The van der Waals surface area contributed by atoms with Gasteiger partial charge in [0.15, 0.2) is 5.82 Å². The minimum atomic E-state index is -0.922. The van der Waals surface area contributed by atoms with Gasteiger partial charge in [0, 0.05) is 23.9 Å². The van der Waals surface area contributed by atoms with E-state index in [4.69, 9.17) is 0 Å². The summed E-state index contributed by atoms with van der Waals surface area (Å²) in [4.78, 5) is 12.3. The first-order chi connectivity index (χ1) is 12.9. The van der Waals surface area contributed by atoms with Crippen molar-refractivity contribution < 1.29 is 9.90 Å². The highest BCUT2D eigenvalue weighted by Crippen LogP contribution is 2.39. The van der Waals surface area contributed by atoms with Crippen molar-refractivity contribution in [2.45, 2.75) is 44.6 Å². The molecule has 0 bridgehead atoms. The topological polar surface area (TPSA) is 95.8 Å². The van der Waals surface area contributed by atoms with E-state index < -0.39 is 5.60 Å². The Morgan fingerprint density at radius 3 is 2.93 bits per heavy atom. The summed E-state index contributed by atoms with van der Waals surface area (Å²) in [5.74, 6) is 1.00. The van der Waals surface area contributed by atoms with Crippen LogP contribution < -0.4 is 5.32 Å². The summed E-state index contributed by atoms with van der Waals surface area (Å²) >= 11 is 0. The fraction of sp³-hybridized carbons (Fsp3) is 0.350. The molecular weight excluding hydrogens is 342 g/mol. The predicted molar refractivity (Wildman–Crippen MR) is 102 cm³/mol. The zero-order valence-corrected chi connectivity index (χ0v) is 15.4. The Kier molecular flexibility index (Phi) is 4.31. The lowest BCUT2D eigenvalue weighted by atomic mass is 9.98. The third-order valence-electron chi connectivity index (χ3n) is 4.70. The minimum Gasteiger partial charge on any atom is -0.386 e. The Bertz CT molecular complexity index is 963. The molecule has 7 nitrogen and oxygen atoms in total. The molecular formula is C20H23N5O2. The third-order valence-corrected chi connectivity index (χ3v) is 4.70. The van der Waals surface area contributed by atoms with Crippen LogP contribution >= 0.6 is 0 Å². The third kappa shape index (κ3) is 4.09. The van der Waals surface area contributed by atoms with Crippen LogP contribution in [0, 0.1) is 0 Å². The van der Waals surface area contributed by atoms with Gasteiger partial charge in [0.05, 0.1) is 23.9 Å². The number of amides is 1. The molecule has 0 saturated heterocycles. The highest BCUT2D eigenvalue weighted by atomic mass is 16.3. The van der Waals surface area contributed by atoms with Crippen molar-refractivity contribution >= 4 is 11.7 Å². The van der Waals surface area contributed by atoms with Crippen LogP contribution in [-0.4, -0.2) is 31.0 Å². The van der Waals surface area contributed by atoms with E-state index in [1.165, 1.54) is 12.8 Å². The van der Waals surface area contributed by atoms with E-state index in [-0.39, 0.29) is 12.3 Å². The first kappa shape index (κ1) is 17.5. The molecule has 7 heteroatoms. The summed E-state index contributed by atoms with van der Waals surface area (Å²) < 4.78 is 1.71. The van der Waals surface area contributed by atoms with Gasteiger partial charge in [0.25, 0.3) is 0 Å². The standard InChI is InChI=1S/C20H23N5O2/c1-20(2,27)15-4-3-5-16(9-15)25-12-13(11-21-25)8-19(26)22-18-10-17(23-24-18)14-6-7-14/h3-5,9-12,14,27H,6-8H2,1-2H3,(H2,22,23,24,26). The molecule has 3 N–H and O–H groups in total. The van der Waals surface area contributed by atoms with Crippen LogP contribution in [-0.2, 0) is 16.8 Å². The largest absolute Gasteiger partial charge is 0.386 e. The zero-order valence-electron chi connectivity index (χ0n) is 15.4. The van der Waals surface area contributed by atoms with Gasteiger partial charge in [-0.3, -0.25) is 9.89 Å². The number of carbonyl (C=O) groups excluding carboxylic acids is 1. The molecule has 4 rings (SSSR count). The molecule has 0 atom stereocenters. The number of carbonyl (C=O) groups is 1. The first-order valence-electron chi connectivity index (χ1n) is 9.10. The van der Waals surface area contributed by atoms with Crippen molar-refractivity contribution in [2.75, 3.05) is 5.32 Å². The van der Waals surface area contributed by atoms with E-state index in [2.05, 4.69) is 20.6 Å². The summed E-state index contributed by atoms with van der Waals surface area (Å²) in [6.07, 6.45) is 6.09. The number of rotatable bonds is 6. The number of hydrogen-bond donors (Lipinski definition) is 3. The van der Waals surface area contributed by atoms with E-state index >= 15 is 0 Å². The van der Waals surface area contributed by atoms with Gasteiger partial charge in [-0.15, -0.1) is 0 Å². The maximum atomic E-state index is 12.3. The summed E-state index contributed by atoms with van der Waals surface area (Å²) in [5.41, 5.74) is 2.61. The predicted octanol–water partition coefficient (Wildman–Crippen LogP) is 2.88. The molecule has 1 amide bonds. The number of anilines is 1. The Labute approximate surface area is 157 Å². The van der Waals surface area contributed by atoms with Gasteiger partial charge < -0.3 is 10.4 Å². The monoisotopic (exact) mass is 365 g/mol. The molecule has 2 heterocycles. The maximum Gasteiger partial charge on any atom is 0.230 e. The van der Waals surface area contributed by atoms with E-state index in [0.717, 1.165) is 22.5 Å². The normalized spacial score (nSPS) is 14.3. The average Bonchev–Trinajstić information content (AvgIpc) is 3.19. The second kappa shape index (κ2) is 6.66. The van der Waals surface area contributed by atoms with Crippen LogP contribution in [0.3, 0.4) is 0 Å². The number of nitrogens with zero attached hydrogens (tertiary/aromatic N) is 3. The quantitative estimate of drug-likeness (QED) is 0.626. The number of aromatic amines is 1. The van der Waals surface area contributed by atoms with Crippen LogP contribution in [0.25, 0.3) is 5.69 Å².